The van der Waals surface area contributed by atoms with Crippen molar-refractivity contribution in [2.24, 2.45) is 0 Å². The molecule has 2 heterocycles. The highest BCUT2D eigenvalue weighted by molar-refractivity contribution is 5.04. The molecule has 1 fully saturated rings. The first-order valence-corrected chi connectivity index (χ1v) is 7.78. The van der Waals surface area contributed by atoms with Crippen molar-refractivity contribution in [1.82, 2.24) is 25.1 Å². The quantitative estimate of drug-likeness (QED) is 0.902. The topological polar surface area (TPSA) is 44.3 Å². The Morgan fingerprint density at radius 3 is 2.76 bits per heavy atom. The maximum absolute atomic E-state index is 4.71. The molecule has 1 aromatic rings. The van der Waals surface area contributed by atoms with Gasteiger partial charge in [0.25, 0.3) is 0 Å². The van der Waals surface area contributed by atoms with E-state index in [1.807, 2.05) is 12.3 Å². The van der Waals surface area contributed by atoms with Crippen molar-refractivity contribution in [3.63, 3.8) is 0 Å². The van der Waals surface area contributed by atoms with E-state index in [0.29, 0.717) is 6.04 Å². The second kappa shape index (κ2) is 6.81. The minimum atomic E-state index is 0.109. The Labute approximate surface area is 128 Å². The van der Waals surface area contributed by atoms with E-state index in [-0.39, 0.29) is 5.54 Å². The number of aromatic nitrogens is 2. The van der Waals surface area contributed by atoms with Gasteiger partial charge in [-0.15, -0.1) is 0 Å². The van der Waals surface area contributed by atoms with Crippen molar-refractivity contribution in [2.45, 2.75) is 45.3 Å². The average molecular weight is 291 g/mol. The fourth-order valence-corrected chi connectivity index (χ4v) is 2.53. The Hall–Kier alpha value is -1.04. The van der Waals surface area contributed by atoms with Gasteiger partial charge in [0.05, 0.1) is 5.69 Å². The fourth-order valence-electron chi connectivity index (χ4n) is 2.53. The molecule has 21 heavy (non-hydrogen) atoms. The van der Waals surface area contributed by atoms with Crippen LogP contribution < -0.4 is 5.32 Å². The van der Waals surface area contributed by atoms with E-state index >= 15 is 0 Å². The SMILES string of the molecule is CN1CCN(C)C(Cc2nccc(CNC(C)(C)C)n2)C1. The minimum absolute atomic E-state index is 0.109. The van der Waals surface area contributed by atoms with Crippen LogP contribution >= 0.6 is 0 Å². The summed E-state index contributed by atoms with van der Waals surface area (Å²) in [7, 11) is 4.38. The van der Waals surface area contributed by atoms with Crippen molar-refractivity contribution < 1.29 is 0 Å². The first-order chi connectivity index (χ1) is 9.83. The summed E-state index contributed by atoms with van der Waals surface area (Å²) in [5.41, 5.74) is 1.18. The van der Waals surface area contributed by atoms with Crippen LogP contribution in [0.4, 0.5) is 0 Å². The summed E-state index contributed by atoms with van der Waals surface area (Å²) in [6.45, 7) is 10.6. The van der Waals surface area contributed by atoms with E-state index < -0.39 is 0 Å². The highest BCUT2D eigenvalue weighted by Gasteiger charge is 2.23. The highest BCUT2D eigenvalue weighted by atomic mass is 15.3. The van der Waals surface area contributed by atoms with E-state index in [1.54, 1.807) is 0 Å². The first kappa shape index (κ1) is 16.3. The number of piperazine rings is 1. The van der Waals surface area contributed by atoms with E-state index in [2.05, 4.69) is 55.0 Å². The van der Waals surface area contributed by atoms with E-state index in [4.69, 9.17) is 4.98 Å². The predicted molar refractivity (Wildman–Crippen MR) is 86.2 cm³/mol. The van der Waals surface area contributed by atoms with Crippen LogP contribution in [-0.2, 0) is 13.0 Å². The maximum Gasteiger partial charge on any atom is 0.130 e. The Morgan fingerprint density at radius 2 is 2.05 bits per heavy atom. The number of nitrogens with one attached hydrogen (secondary N) is 1. The molecule has 1 unspecified atom stereocenters. The summed E-state index contributed by atoms with van der Waals surface area (Å²) >= 11 is 0. The van der Waals surface area contributed by atoms with Gasteiger partial charge in [0.2, 0.25) is 0 Å². The van der Waals surface area contributed by atoms with Crippen molar-refractivity contribution in [3.05, 3.63) is 23.8 Å². The van der Waals surface area contributed by atoms with Gasteiger partial charge in [-0.3, -0.25) is 0 Å². The summed E-state index contributed by atoms with van der Waals surface area (Å²) < 4.78 is 0. The third kappa shape index (κ3) is 5.34. The fraction of sp³-hybridized carbons (Fsp3) is 0.750. The average Bonchev–Trinajstić information content (AvgIpc) is 2.40. The molecule has 1 N–H and O–H groups in total. The molecule has 1 aliphatic rings. The van der Waals surface area contributed by atoms with Crippen molar-refractivity contribution in [1.29, 1.82) is 0 Å². The molecule has 5 nitrogen and oxygen atoms in total. The number of rotatable bonds is 4. The molecule has 2 rings (SSSR count). The third-order valence-electron chi connectivity index (χ3n) is 3.96. The molecule has 0 aromatic carbocycles. The highest BCUT2D eigenvalue weighted by Crippen LogP contribution is 2.11. The van der Waals surface area contributed by atoms with Gasteiger partial charge in [-0.25, -0.2) is 9.97 Å². The van der Waals surface area contributed by atoms with Crippen LogP contribution in [0.2, 0.25) is 0 Å². The summed E-state index contributed by atoms with van der Waals surface area (Å²) in [6.07, 6.45) is 2.80. The molecule has 5 heteroatoms. The van der Waals surface area contributed by atoms with Crippen LogP contribution in [0.1, 0.15) is 32.3 Å². The summed E-state index contributed by atoms with van der Waals surface area (Å²) in [6, 6.07) is 2.51. The summed E-state index contributed by atoms with van der Waals surface area (Å²) in [5.74, 6) is 0.954. The molecule has 0 spiro atoms. The van der Waals surface area contributed by atoms with Gasteiger partial charge in [0, 0.05) is 50.4 Å². The summed E-state index contributed by atoms with van der Waals surface area (Å²) in [5, 5.41) is 3.48. The van der Waals surface area contributed by atoms with Gasteiger partial charge in [-0.1, -0.05) is 0 Å². The van der Waals surface area contributed by atoms with E-state index in [9.17, 15) is 0 Å². The Morgan fingerprint density at radius 1 is 1.29 bits per heavy atom. The lowest BCUT2D eigenvalue weighted by Gasteiger charge is -2.37. The molecular weight excluding hydrogens is 262 g/mol. The van der Waals surface area contributed by atoms with Gasteiger partial charge in [0.15, 0.2) is 0 Å². The molecule has 118 valence electrons. The Kier molecular flexibility index (Phi) is 5.30. The molecule has 1 aromatic heterocycles. The summed E-state index contributed by atoms with van der Waals surface area (Å²) in [4.78, 5) is 14.0. The van der Waals surface area contributed by atoms with Gasteiger partial charge < -0.3 is 15.1 Å². The molecule has 0 radical (unpaired) electrons. The lowest BCUT2D eigenvalue weighted by molar-refractivity contribution is 0.113. The molecule has 0 saturated carbocycles. The smallest absolute Gasteiger partial charge is 0.130 e. The van der Waals surface area contributed by atoms with Crippen LogP contribution in [0.15, 0.2) is 12.3 Å². The lowest BCUT2D eigenvalue weighted by Crippen LogP contribution is -2.51. The predicted octanol–water partition coefficient (Wildman–Crippen LogP) is 1.15. The zero-order valence-electron chi connectivity index (χ0n) is 14.1. The van der Waals surface area contributed by atoms with Crippen LogP contribution in [-0.4, -0.2) is 65.1 Å². The van der Waals surface area contributed by atoms with Crippen molar-refractivity contribution >= 4 is 0 Å². The van der Waals surface area contributed by atoms with Crippen LogP contribution in [0.3, 0.4) is 0 Å². The van der Waals surface area contributed by atoms with Crippen LogP contribution in [0.25, 0.3) is 0 Å². The lowest BCUT2D eigenvalue weighted by atomic mass is 10.1. The van der Waals surface area contributed by atoms with Crippen LogP contribution in [0.5, 0.6) is 0 Å². The monoisotopic (exact) mass is 291 g/mol. The standard InChI is InChI=1S/C16H29N5/c1-16(2,3)18-11-13-6-7-17-15(19-13)10-14-12-20(4)8-9-21(14)5/h6-7,14,18H,8-12H2,1-5H3. The first-order valence-electron chi connectivity index (χ1n) is 7.78. The molecule has 0 aliphatic carbocycles. The second-order valence-corrected chi connectivity index (χ2v) is 7.17. The number of likely N-dealkylation sites (N-methyl/N-ethyl adjacent to an activating group) is 2. The second-order valence-electron chi connectivity index (χ2n) is 7.17. The van der Waals surface area contributed by atoms with Gasteiger partial charge in [0.1, 0.15) is 5.82 Å². The normalized spacial score (nSPS) is 21.7. The zero-order valence-corrected chi connectivity index (χ0v) is 14.1. The molecule has 1 aliphatic heterocycles. The minimum Gasteiger partial charge on any atom is -0.306 e. The number of hydrogen-bond donors (Lipinski definition) is 1. The molecule has 0 amide bonds. The van der Waals surface area contributed by atoms with Crippen molar-refractivity contribution in [2.75, 3.05) is 33.7 Å². The van der Waals surface area contributed by atoms with Crippen molar-refractivity contribution in [3.8, 4) is 0 Å². The Bertz CT molecular complexity index is 454. The largest absolute Gasteiger partial charge is 0.306 e. The zero-order chi connectivity index (χ0) is 15.5. The molecule has 1 saturated heterocycles. The van der Waals surface area contributed by atoms with E-state index in [1.165, 1.54) is 0 Å². The van der Waals surface area contributed by atoms with Crippen LogP contribution in [0, 0.1) is 0 Å². The number of hydrogen-bond acceptors (Lipinski definition) is 5. The van der Waals surface area contributed by atoms with Gasteiger partial charge >= 0.3 is 0 Å². The molecular formula is C16H29N5. The van der Waals surface area contributed by atoms with Gasteiger partial charge in [-0.05, 0) is 40.9 Å². The third-order valence-corrected chi connectivity index (χ3v) is 3.96. The number of nitrogens with zero attached hydrogens (tertiary/aromatic N) is 4. The molecule has 1 atom stereocenters. The maximum atomic E-state index is 4.71. The van der Waals surface area contributed by atoms with E-state index in [0.717, 1.165) is 44.1 Å². The Balaban J connectivity index is 1.97. The molecule has 0 bridgehead atoms. The van der Waals surface area contributed by atoms with Gasteiger partial charge in [-0.2, -0.15) is 0 Å².